The third-order valence-corrected chi connectivity index (χ3v) is 2.61. The van der Waals surface area contributed by atoms with E-state index in [4.69, 9.17) is 27.9 Å². The van der Waals surface area contributed by atoms with Crippen LogP contribution >= 0.6 is 23.2 Å². The highest BCUT2D eigenvalue weighted by molar-refractivity contribution is 6.39. The molecule has 0 atom stereocenters. The first kappa shape index (κ1) is 15.3. The van der Waals surface area contributed by atoms with Gasteiger partial charge in [-0.25, -0.2) is 9.59 Å². The van der Waals surface area contributed by atoms with Gasteiger partial charge in [-0.1, -0.05) is 29.3 Å². The summed E-state index contributed by atoms with van der Waals surface area (Å²) >= 11 is 11.6. The SMILES string of the molecule is CNC(=O)NC(=O)COC(=O)c1c(Cl)cccc1Cl. The Hall–Kier alpha value is -1.79. The van der Waals surface area contributed by atoms with Crippen molar-refractivity contribution >= 4 is 41.1 Å². The fourth-order valence-corrected chi connectivity index (χ4v) is 1.67. The molecule has 1 aromatic carbocycles. The first-order valence-corrected chi connectivity index (χ1v) is 5.84. The lowest BCUT2D eigenvalue weighted by Gasteiger charge is -2.07. The zero-order valence-corrected chi connectivity index (χ0v) is 11.3. The molecule has 8 heteroatoms. The van der Waals surface area contributed by atoms with Crippen molar-refractivity contribution in [1.29, 1.82) is 0 Å². The van der Waals surface area contributed by atoms with Crippen molar-refractivity contribution in [3.63, 3.8) is 0 Å². The highest BCUT2D eigenvalue weighted by Crippen LogP contribution is 2.24. The third-order valence-electron chi connectivity index (χ3n) is 1.98. The second-order valence-electron chi connectivity index (χ2n) is 3.30. The van der Waals surface area contributed by atoms with Gasteiger partial charge in [0.2, 0.25) is 0 Å². The lowest BCUT2D eigenvalue weighted by Crippen LogP contribution is -2.39. The third kappa shape index (κ3) is 4.42. The molecule has 0 aliphatic heterocycles. The summed E-state index contributed by atoms with van der Waals surface area (Å²) in [7, 11) is 1.35. The van der Waals surface area contributed by atoms with Gasteiger partial charge in [0, 0.05) is 7.05 Å². The first-order chi connectivity index (χ1) is 8.95. The van der Waals surface area contributed by atoms with Crippen LogP contribution in [-0.2, 0) is 9.53 Å². The predicted molar refractivity (Wildman–Crippen MR) is 69.3 cm³/mol. The molecular weight excluding hydrogens is 295 g/mol. The lowest BCUT2D eigenvalue weighted by molar-refractivity contribution is -0.123. The quantitative estimate of drug-likeness (QED) is 0.831. The number of rotatable bonds is 3. The predicted octanol–water partition coefficient (Wildman–Crippen LogP) is 1.61. The van der Waals surface area contributed by atoms with Crippen molar-refractivity contribution < 1.29 is 19.1 Å². The molecule has 0 bridgehead atoms. The van der Waals surface area contributed by atoms with Crippen molar-refractivity contribution in [2.24, 2.45) is 0 Å². The normalized spacial score (nSPS) is 9.63. The topological polar surface area (TPSA) is 84.5 Å². The van der Waals surface area contributed by atoms with Gasteiger partial charge < -0.3 is 10.1 Å². The highest BCUT2D eigenvalue weighted by Gasteiger charge is 2.17. The summed E-state index contributed by atoms with van der Waals surface area (Å²) in [6.45, 7) is -0.617. The summed E-state index contributed by atoms with van der Waals surface area (Å²) in [5.74, 6) is -1.61. The molecule has 0 radical (unpaired) electrons. The molecule has 0 unspecified atom stereocenters. The van der Waals surface area contributed by atoms with Gasteiger partial charge in [0.25, 0.3) is 5.91 Å². The first-order valence-electron chi connectivity index (χ1n) is 5.08. The number of halogens is 2. The standard InChI is InChI=1S/C11H10Cl2N2O4/c1-14-11(18)15-8(16)5-19-10(17)9-6(12)3-2-4-7(9)13/h2-4H,5H2,1H3,(H2,14,15,16,18). The van der Waals surface area contributed by atoms with Crippen molar-refractivity contribution in [2.45, 2.75) is 0 Å². The van der Waals surface area contributed by atoms with Gasteiger partial charge in [0.15, 0.2) is 6.61 Å². The van der Waals surface area contributed by atoms with E-state index >= 15 is 0 Å². The molecule has 2 N–H and O–H groups in total. The maximum atomic E-state index is 11.7. The summed E-state index contributed by atoms with van der Waals surface area (Å²) < 4.78 is 4.70. The van der Waals surface area contributed by atoms with Gasteiger partial charge in [-0.2, -0.15) is 0 Å². The van der Waals surface area contributed by atoms with Crippen LogP contribution in [0.2, 0.25) is 10.0 Å². The highest BCUT2D eigenvalue weighted by atomic mass is 35.5. The molecule has 0 heterocycles. The number of hydrogen-bond acceptors (Lipinski definition) is 4. The van der Waals surface area contributed by atoms with E-state index in [0.29, 0.717) is 0 Å². The van der Waals surface area contributed by atoms with E-state index in [-0.39, 0.29) is 15.6 Å². The van der Waals surface area contributed by atoms with E-state index in [9.17, 15) is 14.4 Å². The van der Waals surface area contributed by atoms with Gasteiger partial charge >= 0.3 is 12.0 Å². The number of urea groups is 1. The second kappa shape index (κ2) is 6.96. The van der Waals surface area contributed by atoms with E-state index in [1.165, 1.54) is 19.2 Å². The summed E-state index contributed by atoms with van der Waals surface area (Å²) in [4.78, 5) is 33.7. The van der Waals surface area contributed by atoms with Gasteiger partial charge in [-0.05, 0) is 12.1 Å². The molecule has 0 fully saturated rings. The molecular formula is C11H10Cl2N2O4. The van der Waals surface area contributed by atoms with Crippen LogP contribution < -0.4 is 10.6 Å². The van der Waals surface area contributed by atoms with Crippen LogP contribution in [0, 0.1) is 0 Å². The zero-order valence-electron chi connectivity index (χ0n) is 9.83. The van der Waals surface area contributed by atoms with Gasteiger partial charge in [-0.3, -0.25) is 10.1 Å². The Morgan fingerprint density at radius 1 is 1.21 bits per heavy atom. The Morgan fingerprint density at radius 3 is 2.32 bits per heavy atom. The monoisotopic (exact) mass is 304 g/mol. The minimum Gasteiger partial charge on any atom is -0.452 e. The van der Waals surface area contributed by atoms with E-state index < -0.39 is 24.5 Å². The second-order valence-corrected chi connectivity index (χ2v) is 4.11. The molecule has 0 saturated carbocycles. The van der Waals surface area contributed by atoms with E-state index in [1.807, 2.05) is 5.32 Å². The van der Waals surface area contributed by atoms with Crippen LogP contribution in [0.15, 0.2) is 18.2 Å². The Labute approximate surface area is 119 Å². The van der Waals surface area contributed by atoms with Crippen LogP contribution in [0.3, 0.4) is 0 Å². The largest absolute Gasteiger partial charge is 0.452 e. The number of benzene rings is 1. The number of hydrogen-bond donors (Lipinski definition) is 2. The minimum atomic E-state index is -0.845. The Morgan fingerprint density at radius 2 is 1.79 bits per heavy atom. The van der Waals surface area contributed by atoms with Crippen molar-refractivity contribution in [1.82, 2.24) is 10.6 Å². The number of imide groups is 1. The van der Waals surface area contributed by atoms with Crippen molar-refractivity contribution in [3.05, 3.63) is 33.8 Å². The fraction of sp³-hybridized carbons (Fsp3) is 0.182. The molecule has 6 nitrogen and oxygen atoms in total. The Kier molecular flexibility index (Phi) is 5.59. The summed E-state index contributed by atoms with van der Waals surface area (Å²) in [6, 6.07) is 3.81. The molecule has 0 aliphatic rings. The van der Waals surface area contributed by atoms with Gasteiger partial charge in [0.1, 0.15) is 0 Å². The molecule has 0 saturated heterocycles. The summed E-state index contributed by atoms with van der Waals surface area (Å²) in [6.07, 6.45) is 0. The van der Waals surface area contributed by atoms with Crippen molar-refractivity contribution in [3.8, 4) is 0 Å². The smallest absolute Gasteiger partial charge is 0.341 e. The van der Waals surface area contributed by atoms with E-state index in [0.717, 1.165) is 0 Å². The summed E-state index contributed by atoms with van der Waals surface area (Å²) in [5, 5.41) is 4.34. The molecule has 1 aromatic rings. The molecule has 19 heavy (non-hydrogen) atoms. The maximum Gasteiger partial charge on any atom is 0.341 e. The molecule has 0 aliphatic carbocycles. The minimum absolute atomic E-state index is 0.0291. The van der Waals surface area contributed by atoms with Crippen molar-refractivity contribution in [2.75, 3.05) is 13.7 Å². The number of ether oxygens (including phenoxy) is 1. The number of nitrogens with one attached hydrogen (secondary N) is 2. The van der Waals surface area contributed by atoms with E-state index in [1.54, 1.807) is 6.07 Å². The molecule has 3 amide bonds. The van der Waals surface area contributed by atoms with Crippen LogP contribution in [0.5, 0.6) is 0 Å². The lowest BCUT2D eigenvalue weighted by atomic mass is 10.2. The van der Waals surface area contributed by atoms with Crippen LogP contribution in [-0.4, -0.2) is 31.6 Å². The van der Waals surface area contributed by atoms with Crippen LogP contribution in [0.1, 0.15) is 10.4 Å². The average molecular weight is 305 g/mol. The average Bonchev–Trinajstić information content (AvgIpc) is 2.36. The zero-order chi connectivity index (χ0) is 14.4. The number of amides is 3. The van der Waals surface area contributed by atoms with Gasteiger partial charge in [0.05, 0.1) is 15.6 Å². The molecule has 102 valence electrons. The Balaban J connectivity index is 2.61. The van der Waals surface area contributed by atoms with Crippen LogP contribution in [0.25, 0.3) is 0 Å². The molecule has 0 aromatic heterocycles. The molecule has 0 spiro atoms. The number of esters is 1. The van der Waals surface area contributed by atoms with E-state index in [2.05, 4.69) is 5.32 Å². The van der Waals surface area contributed by atoms with Crippen LogP contribution in [0.4, 0.5) is 4.79 Å². The number of carbonyl (C=O) groups is 3. The summed E-state index contributed by atoms with van der Waals surface area (Å²) in [5.41, 5.74) is -0.0291. The fourth-order valence-electron chi connectivity index (χ4n) is 1.12. The Bertz CT molecular complexity index is 499. The van der Waals surface area contributed by atoms with Gasteiger partial charge in [-0.15, -0.1) is 0 Å². The maximum absolute atomic E-state index is 11.7. The number of carbonyl (C=O) groups excluding carboxylic acids is 3. The molecule has 1 rings (SSSR count).